The van der Waals surface area contributed by atoms with Gasteiger partial charge in [0.1, 0.15) is 0 Å². The van der Waals surface area contributed by atoms with Gasteiger partial charge in [-0.15, -0.1) is 0 Å². The molecular formula is C20H31N3O. The van der Waals surface area contributed by atoms with Gasteiger partial charge in [-0.2, -0.15) is 0 Å². The molecule has 1 saturated heterocycles. The number of hydrogen-bond donors (Lipinski definition) is 1. The number of carbonyl (C=O) groups excluding carboxylic acids is 1. The number of nitrogens with zero attached hydrogens (tertiary/aromatic N) is 2. The molecule has 2 aliphatic rings. The van der Waals surface area contributed by atoms with Crippen LogP contribution in [-0.4, -0.2) is 55.0 Å². The monoisotopic (exact) mass is 329 g/mol. The van der Waals surface area contributed by atoms with Crippen LogP contribution in [-0.2, 0) is 4.79 Å². The Balaban J connectivity index is 1.63. The number of piperazine rings is 1. The summed E-state index contributed by atoms with van der Waals surface area (Å²) in [5, 5.41) is 3.36. The Kier molecular flexibility index (Phi) is 5.90. The molecule has 1 amide bonds. The topological polar surface area (TPSA) is 35.6 Å². The Morgan fingerprint density at radius 2 is 1.92 bits per heavy atom. The van der Waals surface area contributed by atoms with E-state index in [9.17, 15) is 4.79 Å². The molecule has 0 radical (unpaired) electrons. The lowest BCUT2D eigenvalue weighted by Gasteiger charge is -2.38. The Hall–Kier alpha value is -1.39. The molecule has 0 unspecified atom stereocenters. The van der Waals surface area contributed by atoms with E-state index >= 15 is 0 Å². The summed E-state index contributed by atoms with van der Waals surface area (Å²) in [6.07, 6.45) is 5.04. The van der Waals surface area contributed by atoms with Crippen LogP contribution in [0.5, 0.6) is 0 Å². The quantitative estimate of drug-likeness (QED) is 0.902. The Labute approximate surface area is 146 Å². The van der Waals surface area contributed by atoms with Crippen molar-refractivity contribution in [3.63, 3.8) is 0 Å². The lowest BCUT2D eigenvalue weighted by Crippen LogP contribution is -2.53. The molecule has 0 bridgehead atoms. The van der Waals surface area contributed by atoms with Gasteiger partial charge < -0.3 is 10.2 Å². The van der Waals surface area contributed by atoms with Crippen molar-refractivity contribution in [2.24, 2.45) is 5.92 Å². The van der Waals surface area contributed by atoms with Crippen molar-refractivity contribution in [3.05, 3.63) is 35.9 Å². The molecule has 4 nitrogen and oxygen atoms in total. The van der Waals surface area contributed by atoms with Gasteiger partial charge in [0, 0.05) is 25.7 Å². The van der Waals surface area contributed by atoms with Gasteiger partial charge in [0.05, 0.1) is 12.6 Å². The predicted octanol–water partition coefficient (Wildman–Crippen LogP) is 2.67. The number of likely N-dealkylation sites (N-methyl/N-ethyl adjacent to an activating group) is 1. The van der Waals surface area contributed by atoms with Gasteiger partial charge in [-0.3, -0.25) is 9.69 Å². The van der Waals surface area contributed by atoms with Crippen molar-refractivity contribution in [3.8, 4) is 0 Å². The summed E-state index contributed by atoms with van der Waals surface area (Å²) < 4.78 is 0. The first-order valence-corrected chi connectivity index (χ1v) is 9.40. The zero-order valence-electron chi connectivity index (χ0n) is 15.1. The number of amides is 1. The third-order valence-electron chi connectivity index (χ3n) is 5.66. The Morgan fingerprint density at radius 1 is 1.21 bits per heavy atom. The van der Waals surface area contributed by atoms with Crippen LogP contribution in [0, 0.1) is 5.92 Å². The number of carbonyl (C=O) groups is 1. The molecule has 1 heterocycles. The standard InChI is InChI=1S/C20H31N3O/c1-16-14-22(2)12-13-23(16)15-19(24)21-20(18-10-6-7-11-18)17-8-4-3-5-9-17/h3-5,8-9,16,18,20H,6-7,10-15H2,1-2H3,(H,21,24)/t16-,20-/m1/s1. The number of rotatable bonds is 5. The molecule has 1 aliphatic carbocycles. The highest BCUT2D eigenvalue weighted by atomic mass is 16.2. The van der Waals surface area contributed by atoms with Gasteiger partial charge in [-0.25, -0.2) is 0 Å². The number of benzene rings is 1. The minimum atomic E-state index is 0.170. The molecule has 0 spiro atoms. The fourth-order valence-corrected chi connectivity index (χ4v) is 4.24. The van der Waals surface area contributed by atoms with Crippen LogP contribution in [0.1, 0.15) is 44.2 Å². The summed E-state index contributed by atoms with van der Waals surface area (Å²) in [4.78, 5) is 17.4. The minimum absolute atomic E-state index is 0.170. The SMILES string of the molecule is C[C@@H]1CN(C)CCN1CC(=O)N[C@H](c1ccccc1)C1CCCC1. The van der Waals surface area contributed by atoms with Crippen molar-refractivity contribution in [1.29, 1.82) is 0 Å². The third kappa shape index (κ3) is 4.37. The van der Waals surface area contributed by atoms with E-state index in [2.05, 4.69) is 53.4 Å². The first kappa shape index (κ1) is 17.4. The van der Waals surface area contributed by atoms with Crippen molar-refractivity contribution < 1.29 is 4.79 Å². The molecule has 1 N–H and O–H groups in total. The second kappa shape index (κ2) is 8.13. The van der Waals surface area contributed by atoms with Gasteiger partial charge >= 0.3 is 0 Å². The molecule has 1 aliphatic heterocycles. The highest BCUT2D eigenvalue weighted by molar-refractivity contribution is 5.78. The van der Waals surface area contributed by atoms with Gasteiger partial charge in [0.25, 0.3) is 0 Å². The van der Waals surface area contributed by atoms with Crippen LogP contribution in [0.15, 0.2) is 30.3 Å². The van der Waals surface area contributed by atoms with Gasteiger partial charge in [0.15, 0.2) is 0 Å². The maximum absolute atomic E-state index is 12.7. The second-order valence-corrected chi connectivity index (χ2v) is 7.58. The van der Waals surface area contributed by atoms with Crippen molar-refractivity contribution >= 4 is 5.91 Å². The molecule has 1 saturated carbocycles. The summed E-state index contributed by atoms with van der Waals surface area (Å²) in [6.45, 7) is 5.80. The van der Waals surface area contributed by atoms with E-state index < -0.39 is 0 Å². The second-order valence-electron chi connectivity index (χ2n) is 7.58. The molecule has 2 fully saturated rings. The molecule has 4 heteroatoms. The van der Waals surface area contributed by atoms with E-state index in [1.807, 2.05) is 6.07 Å². The maximum Gasteiger partial charge on any atom is 0.234 e. The van der Waals surface area contributed by atoms with Crippen LogP contribution in [0.3, 0.4) is 0 Å². The third-order valence-corrected chi connectivity index (χ3v) is 5.66. The summed E-state index contributed by atoms with van der Waals surface area (Å²) in [5.41, 5.74) is 1.25. The van der Waals surface area contributed by atoms with E-state index in [0.29, 0.717) is 18.5 Å². The maximum atomic E-state index is 12.7. The lowest BCUT2D eigenvalue weighted by molar-refractivity contribution is -0.124. The van der Waals surface area contributed by atoms with E-state index in [0.717, 1.165) is 19.6 Å². The first-order valence-electron chi connectivity index (χ1n) is 9.40. The summed E-state index contributed by atoms with van der Waals surface area (Å²) >= 11 is 0. The molecule has 0 aromatic heterocycles. The molecule has 24 heavy (non-hydrogen) atoms. The predicted molar refractivity (Wildman–Crippen MR) is 97.8 cm³/mol. The Bertz CT molecular complexity index is 527. The minimum Gasteiger partial charge on any atom is -0.348 e. The zero-order valence-corrected chi connectivity index (χ0v) is 15.1. The fourth-order valence-electron chi connectivity index (χ4n) is 4.24. The van der Waals surface area contributed by atoms with Crippen LogP contribution in [0.2, 0.25) is 0 Å². The van der Waals surface area contributed by atoms with Crippen molar-refractivity contribution in [2.45, 2.75) is 44.7 Å². The summed E-state index contributed by atoms with van der Waals surface area (Å²) in [6, 6.07) is 11.1. The summed E-state index contributed by atoms with van der Waals surface area (Å²) in [5.74, 6) is 0.758. The molecule has 3 rings (SSSR count). The molecule has 1 aromatic rings. The zero-order chi connectivity index (χ0) is 16.9. The average Bonchev–Trinajstić information content (AvgIpc) is 3.10. The van der Waals surface area contributed by atoms with Gasteiger partial charge in [-0.05, 0) is 38.3 Å². The van der Waals surface area contributed by atoms with E-state index in [1.165, 1.54) is 31.2 Å². The Morgan fingerprint density at radius 3 is 2.58 bits per heavy atom. The van der Waals surface area contributed by atoms with E-state index in [1.54, 1.807) is 0 Å². The lowest BCUT2D eigenvalue weighted by atomic mass is 9.91. The van der Waals surface area contributed by atoms with Crippen molar-refractivity contribution in [1.82, 2.24) is 15.1 Å². The molecular weight excluding hydrogens is 298 g/mol. The highest BCUT2D eigenvalue weighted by Gasteiger charge is 2.29. The van der Waals surface area contributed by atoms with Crippen LogP contribution < -0.4 is 5.32 Å². The molecule has 2 atom stereocenters. The van der Waals surface area contributed by atoms with Crippen LogP contribution in [0.25, 0.3) is 0 Å². The smallest absolute Gasteiger partial charge is 0.234 e. The normalized spacial score (nSPS) is 24.8. The number of nitrogens with one attached hydrogen (secondary N) is 1. The molecule has 132 valence electrons. The number of hydrogen-bond acceptors (Lipinski definition) is 3. The first-order chi connectivity index (χ1) is 11.6. The van der Waals surface area contributed by atoms with E-state index in [4.69, 9.17) is 0 Å². The fraction of sp³-hybridized carbons (Fsp3) is 0.650. The highest BCUT2D eigenvalue weighted by Crippen LogP contribution is 2.35. The van der Waals surface area contributed by atoms with Crippen LogP contribution >= 0.6 is 0 Å². The van der Waals surface area contributed by atoms with Crippen LogP contribution in [0.4, 0.5) is 0 Å². The van der Waals surface area contributed by atoms with Gasteiger partial charge in [0.2, 0.25) is 5.91 Å². The van der Waals surface area contributed by atoms with E-state index in [-0.39, 0.29) is 11.9 Å². The van der Waals surface area contributed by atoms with Crippen molar-refractivity contribution in [2.75, 3.05) is 33.2 Å². The summed E-state index contributed by atoms with van der Waals surface area (Å²) in [7, 11) is 2.15. The largest absolute Gasteiger partial charge is 0.348 e. The molecule has 1 aromatic carbocycles. The average molecular weight is 329 g/mol. The van der Waals surface area contributed by atoms with Gasteiger partial charge in [-0.1, -0.05) is 43.2 Å².